The van der Waals surface area contributed by atoms with Gasteiger partial charge in [0.05, 0.1) is 0 Å². The van der Waals surface area contributed by atoms with Gasteiger partial charge in [-0.15, -0.1) is 0 Å². The van der Waals surface area contributed by atoms with Gasteiger partial charge in [0.1, 0.15) is 10.7 Å². The fraction of sp³-hybridized carbons (Fsp3) is 0.643. The second-order valence-electron chi connectivity index (χ2n) is 5.85. The van der Waals surface area contributed by atoms with Gasteiger partial charge in [0.25, 0.3) is 5.91 Å². The molecule has 0 saturated carbocycles. The van der Waals surface area contributed by atoms with Gasteiger partial charge in [-0.25, -0.2) is 12.7 Å². The molecule has 0 saturated heterocycles. The minimum absolute atomic E-state index is 0.00388. The maximum absolute atomic E-state index is 12.2. The molecule has 0 aliphatic heterocycles. The van der Waals surface area contributed by atoms with Gasteiger partial charge < -0.3 is 15.5 Å². The smallest absolute Gasteiger partial charge is 0.287 e. The SMILES string of the molecule is Cc1oc(C(=O)NC(CN)CC(C)C)cc1S(=O)(=O)N(C)C. The Hall–Kier alpha value is -1.38. The second kappa shape index (κ2) is 7.26. The molecular formula is C14H25N3O4S. The minimum Gasteiger partial charge on any atom is -0.455 e. The predicted molar refractivity (Wildman–Crippen MR) is 84.1 cm³/mol. The van der Waals surface area contributed by atoms with Crippen molar-refractivity contribution in [3.63, 3.8) is 0 Å². The summed E-state index contributed by atoms with van der Waals surface area (Å²) >= 11 is 0. The van der Waals surface area contributed by atoms with Crippen LogP contribution in [0.5, 0.6) is 0 Å². The zero-order chi connectivity index (χ0) is 17.1. The van der Waals surface area contributed by atoms with Gasteiger partial charge in [0.15, 0.2) is 5.76 Å². The third-order valence-corrected chi connectivity index (χ3v) is 5.15. The number of amides is 1. The summed E-state index contributed by atoms with van der Waals surface area (Å²) in [5, 5.41) is 2.77. The van der Waals surface area contributed by atoms with Gasteiger partial charge in [-0.1, -0.05) is 13.8 Å². The lowest BCUT2D eigenvalue weighted by Gasteiger charge is -2.17. The predicted octanol–water partition coefficient (Wildman–Crippen LogP) is 0.942. The third kappa shape index (κ3) is 4.31. The molecule has 1 aromatic heterocycles. The van der Waals surface area contributed by atoms with Gasteiger partial charge in [-0.05, 0) is 19.3 Å². The molecule has 1 atom stereocenters. The number of hydrogen-bond acceptors (Lipinski definition) is 5. The molecule has 1 rings (SSSR count). The van der Waals surface area contributed by atoms with E-state index in [1.165, 1.54) is 27.1 Å². The topological polar surface area (TPSA) is 106 Å². The molecule has 0 aromatic carbocycles. The average molecular weight is 331 g/mol. The quantitative estimate of drug-likeness (QED) is 0.773. The summed E-state index contributed by atoms with van der Waals surface area (Å²) in [5.74, 6) is 0.0865. The monoisotopic (exact) mass is 331 g/mol. The Morgan fingerprint density at radius 2 is 2.00 bits per heavy atom. The Balaban J connectivity index is 2.97. The molecule has 0 fully saturated rings. The van der Waals surface area contributed by atoms with Crippen molar-refractivity contribution in [2.45, 2.75) is 38.1 Å². The summed E-state index contributed by atoms with van der Waals surface area (Å²) in [6.45, 7) is 5.90. The van der Waals surface area contributed by atoms with E-state index in [4.69, 9.17) is 10.2 Å². The molecule has 3 N–H and O–H groups in total. The van der Waals surface area contributed by atoms with Crippen LogP contribution in [0.2, 0.25) is 0 Å². The molecule has 7 nitrogen and oxygen atoms in total. The molecule has 0 radical (unpaired) electrons. The number of aryl methyl sites for hydroxylation is 1. The van der Waals surface area contributed by atoms with E-state index in [9.17, 15) is 13.2 Å². The summed E-state index contributed by atoms with van der Waals surface area (Å²) in [4.78, 5) is 12.2. The van der Waals surface area contributed by atoms with Crippen molar-refractivity contribution < 1.29 is 17.6 Å². The molecule has 0 bridgehead atoms. The number of sulfonamides is 1. The second-order valence-corrected chi connectivity index (χ2v) is 7.97. The molecule has 0 aliphatic carbocycles. The fourth-order valence-corrected chi connectivity index (χ4v) is 3.12. The molecule has 126 valence electrons. The number of nitrogens with one attached hydrogen (secondary N) is 1. The van der Waals surface area contributed by atoms with Crippen molar-refractivity contribution in [1.29, 1.82) is 0 Å². The van der Waals surface area contributed by atoms with E-state index in [1.807, 2.05) is 13.8 Å². The van der Waals surface area contributed by atoms with Crippen molar-refractivity contribution in [3.05, 3.63) is 17.6 Å². The van der Waals surface area contributed by atoms with E-state index in [1.54, 1.807) is 0 Å². The Labute approximate surface area is 131 Å². The maximum atomic E-state index is 12.2. The van der Waals surface area contributed by atoms with Crippen LogP contribution in [0.3, 0.4) is 0 Å². The van der Waals surface area contributed by atoms with E-state index in [0.717, 1.165) is 10.7 Å². The first-order chi connectivity index (χ1) is 10.1. The molecule has 8 heteroatoms. The molecule has 0 aliphatic rings. The summed E-state index contributed by atoms with van der Waals surface area (Å²) < 4.78 is 30.6. The van der Waals surface area contributed by atoms with Crippen molar-refractivity contribution >= 4 is 15.9 Å². The highest BCUT2D eigenvalue weighted by Crippen LogP contribution is 2.22. The number of nitrogens with two attached hydrogens (primary N) is 1. The van der Waals surface area contributed by atoms with E-state index >= 15 is 0 Å². The van der Waals surface area contributed by atoms with Crippen LogP contribution in [0, 0.1) is 12.8 Å². The number of furan rings is 1. The lowest BCUT2D eigenvalue weighted by Crippen LogP contribution is -2.40. The van der Waals surface area contributed by atoms with Crippen molar-refractivity contribution in [2.24, 2.45) is 11.7 Å². The largest absolute Gasteiger partial charge is 0.455 e. The number of rotatable bonds is 7. The average Bonchev–Trinajstić information content (AvgIpc) is 2.79. The number of carbonyl (C=O) groups is 1. The highest BCUT2D eigenvalue weighted by atomic mass is 32.2. The molecule has 1 amide bonds. The van der Waals surface area contributed by atoms with Crippen LogP contribution in [-0.4, -0.2) is 45.3 Å². The number of carbonyl (C=O) groups excluding carboxylic acids is 1. The number of hydrogen-bond donors (Lipinski definition) is 2. The van der Waals surface area contributed by atoms with Crippen LogP contribution >= 0.6 is 0 Å². The summed E-state index contributed by atoms with van der Waals surface area (Å²) in [6.07, 6.45) is 0.741. The summed E-state index contributed by atoms with van der Waals surface area (Å²) in [7, 11) is -0.788. The van der Waals surface area contributed by atoms with E-state index in [2.05, 4.69) is 5.32 Å². The highest BCUT2D eigenvalue weighted by Gasteiger charge is 2.26. The first-order valence-corrected chi connectivity index (χ1v) is 8.57. The molecule has 1 heterocycles. The fourth-order valence-electron chi connectivity index (χ4n) is 2.07. The van der Waals surface area contributed by atoms with E-state index in [-0.39, 0.29) is 22.5 Å². The lowest BCUT2D eigenvalue weighted by atomic mass is 10.0. The van der Waals surface area contributed by atoms with Crippen LogP contribution < -0.4 is 11.1 Å². The third-order valence-electron chi connectivity index (χ3n) is 3.23. The van der Waals surface area contributed by atoms with Gasteiger partial charge in [-0.3, -0.25) is 4.79 Å². The molecule has 22 heavy (non-hydrogen) atoms. The van der Waals surface area contributed by atoms with Crippen LogP contribution in [0.4, 0.5) is 0 Å². The Morgan fingerprint density at radius 1 is 1.41 bits per heavy atom. The van der Waals surface area contributed by atoms with Crippen molar-refractivity contribution in [2.75, 3.05) is 20.6 Å². The number of nitrogens with zero attached hydrogens (tertiary/aromatic N) is 1. The Kier molecular flexibility index (Phi) is 6.16. The highest BCUT2D eigenvalue weighted by molar-refractivity contribution is 7.89. The van der Waals surface area contributed by atoms with Crippen molar-refractivity contribution in [3.8, 4) is 0 Å². The zero-order valence-electron chi connectivity index (χ0n) is 13.7. The first kappa shape index (κ1) is 18.7. The Bertz CT molecular complexity index is 620. The lowest BCUT2D eigenvalue weighted by molar-refractivity contribution is 0.0904. The Morgan fingerprint density at radius 3 is 2.45 bits per heavy atom. The van der Waals surface area contributed by atoms with E-state index in [0.29, 0.717) is 12.5 Å². The van der Waals surface area contributed by atoms with Gasteiger partial charge >= 0.3 is 0 Å². The molecular weight excluding hydrogens is 306 g/mol. The van der Waals surface area contributed by atoms with Crippen LogP contribution in [0.15, 0.2) is 15.4 Å². The van der Waals surface area contributed by atoms with Crippen LogP contribution in [0.1, 0.15) is 36.6 Å². The molecule has 0 spiro atoms. The van der Waals surface area contributed by atoms with Crippen molar-refractivity contribution in [1.82, 2.24) is 9.62 Å². The summed E-state index contributed by atoms with van der Waals surface area (Å²) in [6, 6.07) is 1.08. The van der Waals surface area contributed by atoms with E-state index < -0.39 is 15.9 Å². The standard InChI is InChI=1S/C14H25N3O4S/c1-9(2)6-11(8-15)16-14(18)12-7-13(10(3)21-12)22(19,20)17(4)5/h7,9,11H,6,8,15H2,1-5H3,(H,16,18). The normalized spacial score (nSPS) is 13.6. The van der Waals surface area contributed by atoms with Crippen LogP contribution in [0.25, 0.3) is 0 Å². The molecule has 1 unspecified atom stereocenters. The molecule has 1 aromatic rings. The first-order valence-electron chi connectivity index (χ1n) is 7.13. The van der Waals surface area contributed by atoms with Gasteiger partial charge in [-0.2, -0.15) is 0 Å². The van der Waals surface area contributed by atoms with Crippen LogP contribution in [-0.2, 0) is 10.0 Å². The minimum atomic E-state index is -3.64. The van der Waals surface area contributed by atoms with Gasteiger partial charge in [0.2, 0.25) is 10.0 Å². The van der Waals surface area contributed by atoms with Gasteiger partial charge in [0, 0.05) is 32.7 Å². The maximum Gasteiger partial charge on any atom is 0.287 e. The summed E-state index contributed by atoms with van der Waals surface area (Å²) in [5.41, 5.74) is 5.64. The zero-order valence-corrected chi connectivity index (χ0v) is 14.5.